The van der Waals surface area contributed by atoms with Crippen LogP contribution in [0.5, 0.6) is 5.75 Å². The Hall–Kier alpha value is -4.24. The van der Waals surface area contributed by atoms with Crippen molar-refractivity contribution in [2.24, 2.45) is 4.99 Å². The molecule has 2 aromatic carbocycles. The standard InChI is InChI=1S/C30H31N5O3S/c1-7-34-20(5)23(18(3)33-34)16-25-29(37)35-27(21-12-14-22(38-6)15-13-21)26(19(4)31-30(35)39-25)28(36)32-24-11-9-8-10-17(24)2/h8-16,27H,7H2,1-6H3,(H,32,36)/b25-16-/t27-/m1/s1. The Bertz CT molecular complexity index is 1790. The maximum Gasteiger partial charge on any atom is 0.271 e. The molecule has 0 aliphatic carbocycles. The average Bonchev–Trinajstić information content (AvgIpc) is 3.38. The molecule has 1 aliphatic heterocycles. The molecule has 1 N–H and O–H groups in total. The van der Waals surface area contributed by atoms with Crippen LogP contribution < -0.4 is 24.9 Å². The summed E-state index contributed by atoms with van der Waals surface area (Å²) in [7, 11) is 1.61. The van der Waals surface area contributed by atoms with Crippen molar-refractivity contribution in [1.82, 2.24) is 14.3 Å². The van der Waals surface area contributed by atoms with Gasteiger partial charge in [0.1, 0.15) is 5.75 Å². The SMILES string of the molecule is CCn1nc(C)c(/C=c2\sc3n(c2=O)[C@H](c2ccc(OC)cc2)C(C(=O)Nc2ccccc2C)=C(C)N=3)c1C. The van der Waals surface area contributed by atoms with Gasteiger partial charge in [-0.25, -0.2) is 4.99 Å². The maximum atomic E-state index is 14.0. The number of methoxy groups -OCH3 is 1. The van der Waals surface area contributed by atoms with E-state index < -0.39 is 6.04 Å². The molecule has 0 spiro atoms. The molecule has 4 aromatic rings. The van der Waals surface area contributed by atoms with Gasteiger partial charge in [0.2, 0.25) is 0 Å². The molecular weight excluding hydrogens is 510 g/mol. The fourth-order valence-corrected chi connectivity index (χ4v) is 6.00. The molecule has 3 heterocycles. The lowest BCUT2D eigenvalue weighted by Gasteiger charge is -2.25. The third-order valence-corrected chi connectivity index (χ3v) is 8.09. The molecule has 0 saturated carbocycles. The molecule has 200 valence electrons. The highest BCUT2D eigenvalue weighted by molar-refractivity contribution is 7.07. The first kappa shape index (κ1) is 26.4. The maximum absolute atomic E-state index is 14.0. The molecule has 39 heavy (non-hydrogen) atoms. The quantitative estimate of drug-likeness (QED) is 0.399. The predicted molar refractivity (Wildman–Crippen MR) is 154 cm³/mol. The number of hydrogen-bond donors (Lipinski definition) is 1. The number of aryl methyl sites for hydroxylation is 3. The molecule has 0 unspecified atom stereocenters. The van der Waals surface area contributed by atoms with E-state index in [2.05, 4.69) is 10.4 Å². The van der Waals surface area contributed by atoms with Gasteiger partial charge in [-0.05, 0) is 70.0 Å². The number of anilines is 1. The van der Waals surface area contributed by atoms with Crippen LogP contribution in [0, 0.1) is 20.8 Å². The van der Waals surface area contributed by atoms with Gasteiger partial charge < -0.3 is 10.1 Å². The van der Waals surface area contributed by atoms with Crippen LogP contribution in [0.2, 0.25) is 0 Å². The predicted octanol–water partition coefficient (Wildman–Crippen LogP) is 4.02. The number of thiazole rings is 1. The van der Waals surface area contributed by atoms with Crippen LogP contribution >= 0.6 is 11.3 Å². The highest BCUT2D eigenvalue weighted by Gasteiger charge is 2.32. The number of carbonyl (C=O) groups excluding carboxylic acids is 1. The first-order valence-corrected chi connectivity index (χ1v) is 13.6. The van der Waals surface area contributed by atoms with E-state index in [0.717, 1.165) is 34.6 Å². The molecule has 0 fully saturated rings. The van der Waals surface area contributed by atoms with Crippen LogP contribution in [-0.2, 0) is 11.3 Å². The van der Waals surface area contributed by atoms with E-state index in [1.165, 1.54) is 11.3 Å². The summed E-state index contributed by atoms with van der Waals surface area (Å²) in [4.78, 5) is 33.1. The molecule has 2 aromatic heterocycles. The molecule has 5 rings (SSSR count). The van der Waals surface area contributed by atoms with Gasteiger partial charge in [-0.15, -0.1) is 0 Å². The van der Waals surface area contributed by atoms with Gasteiger partial charge in [0.15, 0.2) is 4.80 Å². The summed E-state index contributed by atoms with van der Waals surface area (Å²) in [5, 5.41) is 7.64. The van der Waals surface area contributed by atoms with Gasteiger partial charge in [-0.2, -0.15) is 5.10 Å². The van der Waals surface area contributed by atoms with Gasteiger partial charge in [0, 0.05) is 23.5 Å². The lowest BCUT2D eigenvalue weighted by atomic mass is 9.95. The summed E-state index contributed by atoms with van der Waals surface area (Å²) in [5.74, 6) is 0.396. The molecule has 1 atom stereocenters. The number of hydrogen-bond acceptors (Lipinski definition) is 6. The smallest absolute Gasteiger partial charge is 0.271 e. The Kier molecular flexibility index (Phi) is 7.10. The number of aromatic nitrogens is 3. The minimum absolute atomic E-state index is 0.198. The fourth-order valence-electron chi connectivity index (χ4n) is 4.97. The van der Waals surface area contributed by atoms with Crippen LogP contribution in [-0.4, -0.2) is 27.4 Å². The Balaban J connectivity index is 1.69. The highest BCUT2D eigenvalue weighted by Crippen LogP contribution is 2.32. The Morgan fingerprint density at radius 1 is 1.10 bits per heavy atom. The molecular formula is C30H31N5O3S. The molecule has 8 nitrogen and oxygen atoms in total. The van der Waals surface area contributed by atoms with E-state index >= 15 is 0 Å². The van der Waals surface area contributed by atoms with Crippen molar-refractivity contribution < 1.29 is 9.53 Å². The first-order chi connectivity index (χ1) is 18.7. The second-order valence-corrected chi connectivity index (χ2v) is 10.5. The van der Waals surface area contributed by atoms with E-state index in [1.54, 1.807) is 11.7 Å². The van der Waals surface area contributed by atoms with Crippen LogP contribution in [0.25, 0.3) is 6.08 Å². The number of allylic oxidation sites excluding steroid dienone is 1. The minimum Gasteiger partial charge on any atom is -0.497 e. The van der Waals surface area contributed by atoms with Crippen LogP contribution in [0.3, 0.4) is 0 Å². The average molecular weight is 542 g/mol. The number of nitrogens with one attached hydrogen (secondary N) is 1. The number of rotatable bonds is 6. The molecule has 0 radical (unpaired) electrons. The molecule has 9 heteroatoms. The van der Waals surface area contributed by atoms with Gasteiger partial charge >= 0.3 is 0 Å². The summed E-state index contributed by atoms with van der Waals surface area (Å²) in [6.07, 6.45) is 1.89. The number of nitrogens with zero attached hydrogens (tertiary/aromatic N) is 4. The largest absolute Gasteiger partial charge is 0.497 e. The lowest BCUT2D eigenvalue weighted by molar-refractivity contribution is -0.113. The summed E-state index contributed by atoms with van der Waals surface area (Å²) in [6, 6.07) is 14.4. The summed E-state index contributed by atoms with van der Waals surface area (Å²) < 4.78 is 9.46. The first-order valence-electron chi connectivity index (χ1n) is 12.8. The van der Waals surface area contributed by atoms with E-state index in [4.69, 9.17) is 9.73 Å². The van der Waals surface area contributed by atoms with E-state index in [0.29, 0.717) is 32.0 Å². The zero-order valence-corrected chi connectivity index (χ0v) is 23.7. The lowest BCUT2D eigenvalue weighted by Crippen LogP contribution is -2.40. The number of benzene rings is 2. The number of amides is 1. The van der Waals surface area contributed by atoms with Crippen molar-refractivity contribution in [2.75, 3.05) is 12.4 Å². The van der Waals surface area contributed by atoms with Crippen molar-refractivity contribution in [1.29, 1.82) is 0 Å². The summed E-state index contributed by atoms with van der Waals surface area (Å²) >= 11 is 1.32. The number of ether oxygens (including phenoxy) is 1. The Morgan fingerprint density at radius 3 is 2.46 bits per heavy atom. The van der Waals surface area contributed by atoms with Crippen molar-refractivity contribution in [3.05, 3.63) is 108 Å². The topological polar surface area (TPSA) is 90.5 Å². The normalized spacial score (nSPS) is 15.2. The van der Waals surface area contributed by atoms with E-state index in [1.807, 2.05) is 93.9 Å². The summed E-state index contributed by atoms with van der Waals surface area (Å²) in [6.45, 7) is 10.5. The van der Waals surface area contributed by atoms with Crippen molar-refractivity contribution >= 4 is 29.0 Å². The van der Waals surface area contributed by atoms with Crippen molar-refractivity contribution in [3.8, 4) is 5.75 Å². The number of fused-ring (bicyclic) bond motifs is 1. The van der Waals surface area contributed by atoms with Crippen molar-refractivity contribution in [3.63, 3.8) is 0 Å². The van der Waals surface area contributed by atoms with Gasteiger partial charge in [-0.3, -0.25) is 18.8 Å². The highest BCUT2D eigenvalue weighted by atomic mass is 32.1. The second kappa shape index (κ2) is 10.5. The van der Waals surface area contributed by atoms with E-state index in [9.17, 15) is 9.59 Å². The van der Waals surface area contributed by atoms with Crippen LogP contribution in [0.15, 0.2) is 69.6 Å². The fraction of sp³-hybridized carbons (Fsp3) is 0.267. The van der Waals surface area contributed by atoms with E-state index in [-0.39, 0.29) is 11.5 Å². The second-order valence-electron chi connectivity index (χ2n) is 9.52. The zero-order valence-electron chi connectivity index (χ0n) is 22.9. The Morgan fingerprint density at radius 2 is 1.82 bits per heavy atom. The van der Waals surface area contributed by atoms with Gasteiger partial charge in [0.25, 0.3) is 11.5 Å². The van der Waals surface area contributed by atoms with Gasteiger partial charge in [0.05, 0.1) is 34.6 Å². The third-order valence-electron chi connectivity index (χ3n) is 7.10. The molecule has 1 aliphatic rings. The monoisotopic (exact) mass is 541 g/mol. The van der Waals surface area contributed by atoms with Gasteiger partial charge in [-0.1, -0.05) is 41.7 Å². The Labute approximate surface area is 230 Å². The van der Waals surface area contributed by atoms with Crippen LogP contribution in [0.4, 0.5) is 5.69 Å². The molecule has 1 amide bonds. The molecule has 0 bridgehead atoms. The van der Waals surface area contributed by atoms with Crippen LogP contribution in [0.1, 0.15) is 48.0 Å². The zero-order chi connectivity index (χ0) is 27.8. The molecule has 0 saturated heterocycles. The minimum atomic E-state index is -0.654. The third kappa shape index (κ3) is 4.74. The number of para-hydroxylation sites is 1. The number of carbonyl (C=O) groups is 1. The van der Waals surface area contributed by atoms with Crippen molar-refractivity contribution in [2.45, 2.75) is 47.2 Å². The summed E-state index contributed by atoms with van der Waals surface area (Å²) in [5.41, 5.74) is 6.04.